The molecule has 2 aromatic rings. The van der Waals surface area contributed by atoms with E-state index in [-0.39, 0.29) is 11.9 Å². The number of anilines is 1. The van der Waals surface area contributed by atoms with Crippen LogP contribution in [-0.4, -0.2) is 32.8 Å². The third kappa shape index (κ3) is 4.48. The van der Waals surface area contributed by atoms with Crippen molar-refractivity contribution in [3.8, 4) is 17.2 Å². The van der Waals surface area contributed by atoms with E-state index < -0.39 is 6.04 Å². The number of carbonyl (C=O) groups is 2. The van der Waals surface area contributed by atoms with Crippen molar-refractivity contribution in [1.82, 2.24) is 10.6 Å². The van der Waals surface area contributed by atoms with Gasteiger partial charge in [-0.15, -0.1) is 0 Å². The lowest BCUT2D eigenvalue weighted by atomic mass is 9.94. The predicted octanol–water partition coefficient (Wildman–Crippen LogP) is 3.37. The number of benzene rings is 2. The molecule has 158 valence electrons. The second kappa shape index (κ2) is 9.21. The molecule has 0 radical (unpaired) electrons. The molecule has 8 heteroatoms. The van der Waals surface area contributed by atoms with E-state index in [1.54, 1.807) is 32.2 Å². The first-order chi connectivity index (χ1) is 14.5. The first-order valence-corrected chi connectivity index (χ1v) is 9.51. The van der Waals surface area contributed by atoms with Crippen LogP contribution in [0.3, 0.4) is 0 Å². The van der Waals surface area contributed by atoms with Gasteiger partial charge in [0.15, 0.2) is 0 Å². The zero-order valence-corrected chi connectivity index (χ0v) is 17.4. The Labute approximate surface area is 175 Å². The number of amides is 3. The zero-order valence-electron chi connectivity index (χ0n) is 17.4. The standard InChI is InChI=1S/C22H25N3O5/c1-5-30-15-8-6-14(7-9-15)20-19(13(2)23-22(27)25-20)21(26)24-17-12-16(28-3)10-11-18(17)29-4/h6-12,20H,5H2,1-4H3,(H,24,26)(H2,23,25,27)/t20-/m1/s1. The van der Waals surface area contributed by atoms with Crippen LogP contribution in [0.2, 0.25) is 0 Å². The quantitative estimate of drug-likeness (QED) is 0.649. The summed E-state index contributed by atoms with van der Waals surface area (Å²) >= 11 is 0. The first-order valence-electron chi connectivity index (χ1n) is 9.51. The maximum atomic E-state index is 13.2. The average molecular weight is 411 g/mol. The molecule has 1 aliphatic rings. The van der Waals surface area contributed by atoms with Gasteiger partial charge < -0.3 is 30.2 Å². The molecule has 0 saturated carbocycles. The second-order valence-corrected chi connectivity index (χ2v) is 6.59. The van der Waals surface area contributed by atoms with Crippen LogP contribution in [0.1, 0.15) is 25.5 Å². The number of hydrogen-bond donors (Lipinski definition) is 3. The fraction of sp³-hybridized carbons (Fsp3) is 0.273. The molecule has 2 aromatic carbocycles. The van der Waals surface area contributed by atoms with Crippen LogP contribution in [0, 0.1) is 0 Å². The van der Waals surface area contributed by atoms with E-state index in [1.807, 2.05) is 31.2 Å². The molecule has 3 rings (SSSR count). The monoisotopic (exact) mass is 411 g/mol. The average Bonchev–Trinajstić information content (AvgIpc) is 2.73. The van der Waals surface area contributed by atoms with Gasteiger partial charge in [0.25, 0.3) is 5.91 Å². The minimum absolute atomic E-state index is 0.370. The van der Waals surface area contributed by atoms with Crippen LogP contribution < -0.4 is 30.2 Å². The molecule has 0 unspecified atom stereocenters. The van der Waals surface area contributed by atoms with Gasteiger partial charge in [0, 0.05) is 11.8 Å². The second-order valence-electron chi connectivity index (χ2n) is 6.59. The topological polar surface area (TPSA) is 97.9 Å². The van der Waals surface area contributed by atoms with Crippen LogP contribution in [0.5, 0.6) is 17.2 Å². The highest BCUT2D eigenvalue weighted by atomic mass is 16.5. The Kier molecular flexibility index (Phi) is 6.46. The van der Waals surface area contributed by atoms with Crippen molar-refractivity contribution < 1.29 is 23.8 Å². The Morgan fingerprint density at radius 1 is 1.07 bits per heavy atom. The van der Waals surface area contributed by atoms with Gasteiger partial charge in [-0.3, -0.25) is 4.79 Å². The van der Waals surface area contributed by atoms with E-state index in [1.165, 1.54) is 7.11 Å². The van der Waals surface area contributed by atoms with Crippen molar-refractivity contribution in [3.05, 3.63) is 59.3 Å². The summed E-state index contributed by atoms with van der Waals surface area (Å²) in [5, 5.41) is 8.35. The Bertz CT molecular complexity index is 969. The molecule has 1 aliphatic heterocycles. The molecule has 0 saturated heterocycles. The SMILES string of the molecule is CCOc1ccc([C@H]2NC(=O)NC(C)=C2C(=O)Nc2cc(OC)ccc2OC)cc1. The number of urea groups is 1. The lowest BCUT2D eigenvalue weighted by molar-refractivity contribution is -0.113. The molecular formula is C22H25N3O5. The Morgan fingerprint density at radius 3 is 2.40 bits per heavy atom. The number of hydrogen-bond acceptors (Lipinski definition) is 5. The summed E-state index contributed by atoms with van der Waals surface area (Å²) in [6, 6.07) is 11.4. The van der Waals surface area contributed by atoms with Gasteiger partial charge in [-0.05, 0) is 43.7 Å². The minimum Gasteiger partial charge on any atom is -0.497 e. The van der Waals surface area contributed by atoms with Crippen LogP contribution in [0.15, 0.2) is 53.7 Å². The number of ether oxygens (including phenoxy) is 3. The summed E-state index contributed by atoms with van der Waals surface area (Å²) in [6.45, 7) is 4.15. The van der Waals surface area contributed by atoms with Gasteiger partial charge in [-0.25, -0.2) is 4.79 Å². The van der Waals surface area contributed by atoms with Crippen molar-refractivity contribution in [2.24, 2.45) is 0 Å². The third-order valence-corrected chi connectivity index (χ3v) is 4.69. The minimum atomic E-state index is -0.619. The van der Waals surface area contributed by atoms with E-state index >= 15 is 0 Å². The Balaban J connectivity index is 1.93. The van der Waals surface area contributed by atoms with E-state index in [0.717, 1.165) is 5.56 Å². The third-order valence-electron chi connectivity index (χ3n) is 4.69. The van der Waals surface area contributed by atoms with Gasteiger partial charge in [-0.2, -0.15) is 0 Å². The molecule has 1 heterocycles. The highest BCUT2D eigenvalue weighted by Gasteiger charge is 2.31. The summed E-state index contributed by atoms with van der Waals surface area (Å²) in [4.78, 5) is 25.3. The first kappa shape index (κ1) is 21.0. The highest BCUT2D eigenvalue weighted by Crippen LogP contribution is 2.32. The summed E-state index contributed by atoms with van der Waals surface area (Å²) < 4.78 is 16.1. The molecule has 0 spiro atoms. The van der Waals surface area contributed by atoms with E-state index in [2.05, 4.69) is 16.0 Å². The maximum Gasteiger partial charge on any atom is 0.319 e. The highest BCUT2D eigenvalue weighted by molar-refractivity contribution is 6.07. The fourth-order valence-corrected chi connectivity index (χ4v) is 3.27. The molecule has 0 aromatic heterocycles. The van der Waals surface area contributed by atoms with Crippen LogP contribution >= 0.6 is 0 Å². The smallest absolute Gasteiger partial charge is 0.319 e. The van der Waals surface area contributed by atoms with Crippen LogP contribution in [-0.2, 0) is 4.79 Å². The van der Waals surface area contributed by atoms with Crippen molar-refractivity contribution in [2.75, 3.05) is 26.1 Å². The summed E-state index contributed by atoms with van der Waals surface area (Å²) in [5.74, 6) is 1.42. The van der Waals surface area contributed by atoms with Crippen molar-refractivity contribution in [3.63, 3.8) is 0 Å². The van der Waals surface area contributed by atoms with Gasteiger partial charge in [-0.1, -0.05) is 12.1 Å². The van der Waals surface area contributed by atoms with Gasteiger partial charge >= 0.3 is 6.03 Å². The zero-order chi connectivity index (χ0) is 21.7. The lowest BCUT2D eigenvalue weighted by Gasteiger charge is -2.29. The Hall–Kier alpha value is -3.68. The molecule has 3 amide bonds. The fourth-order valence-electron chi connectivity index (χ4n) is 3.27. The van der Waals surface area contributed by atoms with Crippen molar-refractivity contribution in [1.29, 1.82) is 0 Å². The number of allylic oxidation sites excluding steroid dienone is 1. The predicted molar refractivity (Wildman–Crippen MR) is 113 cm³/mol. The number of methoxy groups -OCH3 is 2. The molecule has 0 bridgehead atoms. The number of carbonyl (C=O) groups excluding carboxylic acids is 2. The van der Waals surface area contributed by atoms with Gasteiger partial charge in [0.2, 0.25) is 0 Å². The molecule has 30 heavy (non-hydrogen) atoms. The summed E-state index contributed by atoms with van der Waals surface area (Å²) in [5.41, 5.74) is 2.08. The van der Waals surface area contributed by atoms with E-state index in [9.17, 15) is 9.59 Å². The lowest BCUT2D eigenvalue weighted by Crippen LogP contribution is -2.45. The van der Waals surface area contributed by atoms with Crippen molar-refractivity contribution in [2.45, 2.75) is 19.9 Å². The van der Waals surface area contributed by atoms with Gasteiger partial charge in [0.05, 0.1) is 38.1 Å². The Morgan fingerprint density at radius 2 is 1.77 bits per heavy atom. The van der Waals surface area contributed by atoms with Crippen LogP contribution in [0.4, 0.5) is 10.5 Å². The molecule has 0 fully saturated rings. The number of rotatable bonds is 7. The van der Waals surface area contributed by atoms with Crippen molar-refractivity contribution >= 4 is 17.6 Å². The summed E-state index contributed by atoms with van der Waals surface area (Å²) in [6.07, 6.45) is 0. The molecule has 3 N–H and O–H groups in total. The van der Waals surface area contributed by atoms with E-state index in [4.69, 9.17) is 14.2 Å². The van der Waals surface area contributed by atoms with E-state index in [0.29, 0.717) is 40.8 Å². The van der Waals surface area contributed by atoms with Crippen LogP contribution in [0.25, 0.3) is 0 Å². The normalized spacial score (nSPS) is 15.7. The molecule has 0 aliphatic carbocycles. The number of nitrogens with one attached hydrogen (secondary N) is 3. The molecule has 8 nitrogen and oxygen atoms in total. The molecule has 1 atom stereocenters. The van der Waals surface area contributed by atoms with Gasteiger partial charge in [0.1, 0.15) is 17.2 Å². The summed E-state index contributed by atoms with van der Waals surface area (Å²) in [7, 11) is 3.07. The molecular weight excluding hydrogens is 386 g/mol. The largest absolute Gasteiger partial charge is 0.497 e. The maximum absolute atomic E-state index is 13.2.